The van der Waals surface area contributed by atoms with Gasteiger partial charge in [-0.1, -0.05) is 5.16 Å². The molecule has 2 aromatic heterocycles. The first-order chi connectivity index (χ1) is 12.2. The summed E-state index contributed by atoms with van der Waals surface area (Å²) in [5.41, 5.74) is 0.886. The van der Waals surface area contributed by atoms with E-state index in [-0.39, 0.29) is 5.91 Å². The number of hydrogen-bond donors (Lipinski definition) is 1. The van der Waals surface area contributed by atoms with Crippen LogP contribution in [-0.4, -0.2) is 73.8 Å². The second-order valence-electron chi connectivity index (χ2n) is 6.05. The van der Waals surface area contributed by atoms with Crippen LogP contribution in [0.2, 0.25) is 0 Å². The SMILES string of the molecule is COCCNC(=O)CN1CCN(Cc2cc(-c3ccco3)on2)CC1. The lowest BCUT2D eigenvalue weighted by molar-refractivity contribution is -0.122. The molecule has 0 aliphatic carbocycles. The van der Waals surface area contributed by atoms with Crippen LogP contribution in [-0.2, 0) is 16.1 Å². The van der Waals surface area contributed by atoms with E-state index in [2.05, 4.69) is 20.3 Å². The zero-order valence-corrected chi connectivity index (χ0v) is 14.4. The van der Waals surface area contributed by atoms with Gasteiger partial charge in [0, 0.05) is 52.4 Å². The number of carbonyl (C=O) groups excluding carboxylic acids is 1. The molecular formula is C17H24N4O4. The lowest BCUT2D eigenvalue weighted by atomic mass is 10.2. The number of nitrogens with one attached hydrogen (secondary N) is 1. The fourth-order valence-electron chi connectivity index (χ4n) is 2.81. The quantitative estimate of drug-likeness (QED) is 0.707. The fourth-order valence-corrected chi connectivity index (χ4v) is 2.81. The first-order valence-electron chi connectivity index (χ1n) is 8.44. The molecule has 0 radical (unpaired) electrons. The third-order valence-electron chi connectivity index (χ3n) is 4.17. The number of carbonyl (C=O) groups is 1. The number of aromatic nitrogens is 1. The Morgan fingerprint density at radius 1 is 1.28 bits per heavy atom. The van der Waals surface area contributed by atoms with Crippen molar-refractivity contribution in [3.05, 3.63) is 30.2 Å². The molecular weight excluding hydrogens is 324 g/mol. The molecule has 0 bridgehead atoms. The van der Waals surface area contributed by atoms with E-state index in [4.69, 9.17) is 13.7 Å². The van der Waals surface area contributed by atoms with Crippen LogP contribution in [0.3, 0.4) is 0 Å². The van der Waals surface area contributed by atoms with E-state index >= 15 is 0 Å². The van der Waals surface area contributed by atoms with E-state index in [1.54, 1.807) is 13.4 Å². The summed E-state index contributed by atoms with van der Waals surface area (Å²) in [6.07, 6.45) is 1.61. The maximum Gasteiger partial charge on any atom is 0.234 e. The largest absolute Gasteiger partial charge is 0.461 e. The zero-order valence-electron chi connectivity index (χ0n) is 14.4. The standard InChI is InChI=1S/C17H24N4O4/c1-23-10-4-18-17(22)13-21-7-5-20(6-8-21)12-14-11-16(25-19-14)15-3-2-9-24-15/h2-3,9,11H,4-8,10,12-13H2,1H3,(H,18,22). The van der Waals surface area contributed by atoms with Crippen molar-refractivity contribution in [3.8, 4) is 11.5 Å². The van der Waals surface area contributed by atoms with Crippen LogP contribution in [0, 0.1) is 0 Å². The summed E-state index contributed by atoms with van der Waals surface area (Å²) in [5.74, 6) is 1.37. The van der Waals surface area contributed by atoms with Crippen LogP contribution in [0.1, 0.15) is 5.69 Å². The number of amides is 1. The van der Waals surface area contributed by atoms with Gasteiger partial charge in [0.1, 0.15) is 0 Å². The minimum absolute atomic E-state index is 0.0464. The van der Waals surface area contributed by atoms with Crippen molar-refractivity contribution in [2.24, 2.45) is 0 Å². The van der Waals surface area contributed by atoms with Gasteiger partial charge in [0.25, 0.3) is 0 Å². The van der Waals surface area contributed by atoms with E-state index < -0.39 is 0 Å². The molecule has 0 atom stereocenters. The minimum atomic E-state index is 0.0464. The van der Waals surface area contributed by atoms with E-state index in [0.29, 0.717) is 31.2 Å². The summed E-state index contributed by atoms with van der Waals surface area (Å²) in [6.45, 7) is 5.78. The van der Waals surface area contributed by atoms with Crippen molar-refractivity contribution < 1.29 is 18.5 Å². The summed E-state index contributed by atoms with van der Waals surface area (Å²) >= 11 is 0. The summed E-state index contributed by atoms with van der Waals surface area (Å²) in [5, 5.41) is 6.96. The number of ether oxygens (including phenoxy) is 1. The van der Waals surface area contributed by atoms with Crippen molar-refractivity contribution in [1.82, 2.24) is 20.3 Å². The Bertz CT molecular complexity index is 647. The lowest BCUT2D eigenvalue weighted by Gasteiger charge is -2.33. The molecule has 3 rings (SSSR count). The second kappa shape index (κ2) is 8.80. The van der Waals surface area contributed by atoms with Gasteiger partial charge in [0.05, 0.1) is 25.1 Å². The molecule has 0 unspecified atom stereocenters. The normalized spacial score (nSPS) is 16.2. The highest BCUT2D eigenvalue weighted by Gasteiger charge is 2.20. The Kier molecular flexibility index (Phi) is 6.21. The molecule has 8 heteroatoms. The van der Waals surface area contributed by atoms with Gasteiger partial charge in [-0.25, -0.2) is 0 Å². The van der Waals surface area contributed by atoms with Crippen molar-refractivity contribution >= 4 is 5.91 Å². The predicted molar refractivity (Wildman–Crippen MR) is 90.8 cm³/mol. The van der Waals surface area contributed by atoms with Crippen LogP contribution in [0.25, 0.3) is 11.5 Å². The molecule has 1 amide bonds. The highest BCUT2D eigenvalue weighted by molar-refractivity contribution is 5.78. The monoisotopic (exact) mass is 348 g/mol. The van der Waals surface area contributed by atoms with Crippen LogP contribution in [0.4, 0.5) is 0 Å². The van der Waals surface area contributed by atoms with Crippen LogP contribution >= 0.6 is 0 Å². The van der Waals surface area contributed by atoms with E-state index in [1.165, 1.54) is 0 Å². The van der Waals surface area contributed by atoms with Gasteiger partial charge in [-0.05, 0) is 12.1 Å². The fraction of sp³-hybridized carbons (Fsp3) is 0.529. The number of methoxy groups -OCH3 is 1. The molecule has 0 aromatic carbocycles. The Morgan fingerprint density at radius 3 is 2.80 bits per heavy atom. The number of nitrogens with zero attached hydrogens (tertiary/aromatic N) is 3. The van der Waals surface area contributed by atoms with E-state index in [0.717, 1.165) is 38.4 Å². The second-order valence-corrected chi connectivity index (χ2v) is 6.05. The van der Waals surface area contributed by atoms with Gasteiger partial charge in [-0.15, -0.1) is 0 Å². The summed E-state index contributed by atoms with van der Waals surface area (Å²) in [6, 6.07) is 5.58. The molecule has 0 spiro atoms. The number of rotatable bonds is 8. The minimum Gasteiger partial charge on any atom is -0.461 e. The lowest BCUT2D eigenvalue weighted by Crippen LogP contribution is -2.49. The van der Waals surface area contributed by atoms with Gasteiger partial charge in [0.2, 0.25) is 11.7 Å². The van der Waals surface area contributed by atoms with Gasteiger partial charge in [0.15, 0.2) is 5.76 Å². The third-order valence-corrected chi connectivity index (χ3v) is 4.17. The molecule has 2 aromatic rings. The molecule has 1 aliphatic heterocycles. The van der Waals surface area contributed by atoms with Gasteiger partial charge in [-0.3, -0.25) is 14.6 Å². The van der Waals surface area contributed by atoms with Gasteiger partial charge in [-0.2, -0.15) is 0 Å². The average molecular weight is 348 g/mol. The molecule has 1 fully saturated rings. The van der Waals surface area contributed by atoms with Crippen LogP contribution < -0.4 is 5.32 Å². The average Bonchev–Trinajstić information content (AvgIpc) is 3.28. The number of hydrogen-bond acceptors (Lipinski definition) is 7. The highest BCUT2D eigenvalue weighted by Crippen LogP contribution is 2.21. The molecule has 1 aliphatic rings. The first kappa shape index (κ1) is 17.7. The van der Waals surface area contributed by atoms with Crippen molar-refractivity contribution in [3.63, 3.8) is 0 Å². The Hall–Kier alpha value is -2.16. The number of piperazine rings is 1. The van der Waals surface area contributed by atoms with E-state index in [1.807, 2.05) is 18.2 Å². The zero-order chi connectivity index (χ0) is 17.5. The molecule has 3 heterocycles. The topological polar surface area (TPSA) is 84.0 Å². The molecule has 1 N–H and O–H groups in total. The van der Waals surface area contributed by atoms with Crippen LogP contribution in [0.15, 0.2) is 33.4 Å². The molecule has 136 valence electrons. The van der Waals surface area contributed by atoms with Crippen molar-refractivity contribution in [2.45, 2.75) is 6.54 Å². The Morgan fingerprint density at radius 2 is 2.08 bits per heavy atom. The summed E-state index contributed by atoms with van der Waals surface area (Å²) < 4.78 is 15.6. The molecule has 25 heavy (non-hydrogen) atoms. The molecule has 1 saturated heterocycles. The smallest absolute Gasteiger partial charge is 0.234 e. The van der Waals surface area contributed by atoms with Gasteiger partial charge < -0.3 is 19.0 Å². The Labute approximate surface area is 146 Å². The number of furan rings is 1. The summed E-state index contributed by atoms with van der Waals surface area (Å²) in [7, 11) is 1.62. The maximum absolute atomic E-state index is 11.8. The Balaban J connectivity index is 1.40. The summed E-state index contributed by atoms with van der Waals surface area (Å²) in [4.78, 5) is 16.3. The van der Waals surface area contributed by atoms with Gasteiger partial charge >= 0.3 is 0 Å². The van der Waals surface area contributed by atoms with Crippen molar-refractivity contribution in [1.29, 1.82) is 0 Å². The predicted octanol–water partition coefficient (Wildman–Crippen LogP) is 0.815. The van der Waals surface area contributed by atoms with E-state index in [9.17, 15) is 4.79 Å². The first-order valence-corrected chi connectivity index (χ1v) is 8.44. The molecule has 8 nitrogen and oxygen atoms in total. The third kappa shape index (κ3) is 5.15. The maximum atomic E-state index is 11.8. The van der Waals surface area contributed by atoms with Crippen molar-refractivity contribution in [2.75, 3.05) is 53.0 Å². The highest BCUT2D eigenvalue weighted by atomic mass is 16.5. The molecule has 0 saturated carbocycles. The van der Waals surface area contributed by atoms with Crippen LogP contribution in [0.5, 0.6) is 0 Å².